The first-order chi connectivity index (χ1) is 8.09. The monoisotopic (exact) mass is 233 g/mol. The number of hydrogen-bond acceptors (Lipinski definition) is 2. The smallest absolute Gasteiger partial charge is 0.337 e. The third-order valence-electron chi connectivity index (χ3n) is 3.96. The van der Waals surface area contributed by atoms with Crippen molar-refractivity contribution >= 4 is 11.7 Å². The Hall–Kier alpha value is -1.51. The van der Waals surface area contributed by atoms with Gasteiger partial charge in [0.25, 0.3) is 0 Å². The van der Waals surface area contributed by atoms with E-state index in [9.17, 15) is 4.79 Å². The van der Waals surface area contributed by atoms with Gasteiger partial charge in [-0.3, -0.25) is 0 Å². The third kappa shape index (κ3) is 2.43. The Morgan fingerprint density at radius 3 is 2.59 bits per heavy atom. The van der Waals surface area contributed by atoms with Crippen LogP contribution in [0.25, 0.3) is 0 Å². The zero-order chi connectivity index (χ0) is 12.4. The molecule has 0 amide bonds. The number of benzene rings is 1. The molecule has 0 aromatic heterocycles. The Balaban J connectivity index is 2.16. The van der Waals surface area contributed by atoms with E-state index in [0.29, 0.717) is 23.4 Å². The first-order valence-corrected chi connectivity index (χ1v) is 6.18. The van der Waals surface area contributed by atoms with Crippen molar-refractivity contribution in [3.05, 3.63) is 29.8 Å². The summed E-state index contributed by atoms with van der Waals surface area (Å²) in [5, 5.41) is 12.5. The Morgan fingerprint density at radius 1 is 1.29 bits per heavy atom. The van der Waals surface area contributed by atoms with Crippen molar-refractivity contribution in [3.63, 3.8) is 0 Å². The van der Waals surface area contributed by atoms with Gasteiger partial charge in [-0.05, 0) is 36.8 Å². The zero-order valence-electron chi connectivity index (χ0n) is 10.3. The molecule has 0 heterocycles. The summed E-state index contributed by atoms with van der Waals surface area (Å²) in [6, 6.07) is 7.52. The molecule has 1 aromatic carbocycles. The fraction of sp³-hybridized carbons (Fsp3) is 0.500. The van der Waals surface area contributed by atoms with Gasteiger partial charge in [-0.2, -0.15) is 0 Å². The lowest BCUT2D eigenvalue weighted by molar-refractivity contribution is 0.0698. The number of aromatic carboxylic acids is 1. The van der Waals surface area contributed by atoms with Crippen LogP contribution in [0.3, 0.4) is 0 Å². The highest BCUT2D eigenvalue weighted by Crippen LogP contribution is 2.33. The van der Waals surface area contributed by atoms with Gasteiger partial charge in [0.1, 0.15) is 0 Å². The summed E-state index contributed by atoms with van der Waals surface area (Å²) in [7, 11) is 0. The molecule has 2 N–H and O–H groups in total. The number of nitrogens with one attached hydrogen (secondary N) is 1. The van der Waals surface area contributed by atoms with Crippen LogP contribution >= 0.6 is 0 Å². The third-order valence-corrected chi connectivity index (χ3v) is 3.96. The number of carbonyl (C=O) groups is 1. The first-order valence-electron chi connectivity index (χ1n) is 6.18. The molecule has 0 aliphatic heterocycles. The summed E-state index contributed by atoms with van der Waals surface area (Å²) in [6.45, 7) is 4.49. The molecule has 0 saturated heterocycles. The molecule has 3 atom stereocenters. The molecular weight excluding hydrogens is 214 g/mol. The van der Waals surface area contributed by atoms with Crippen LogP contribution < -0.4 is 5.32 Å². The quantitative estimate of drug-likeness (QED) is 0.842. The molecule has 3 heteroatoms. The molecule has 1 aliphatic carbocycles. The van der Waals surface area contributed by atoms with E-state index < -0.39 is 5.97 Å². The highest BCUT2D eigenvalue weighted by Gasteiger charge is 2.30. The summed E-state index contributed by atoms with van der Waals surface area (Å²) in [4.78, 5) is 11.1. The fourth-order valence-electron chi connectivity index (χ4n) is 2.56. The lowest BCUT2D eigenvalue weighted by Gasteiger charge is -2.21. The summed E-state index contributed by atoms with van der Waals surface area (Å²) >= 11 is 0. The average Bonchev–Trinajstić information content (AvgIpc) is 2.61. The Kier molecular flexibility index (Phi) is 3.36. The normalized spacial score (nSPS) is 28.0. The van der Waals surface area contributed by atoms with Crippen molar-refractivity contribution in [3.8, 4) is 0 Å². The molecule has 3 nitrogen and oxygen atoms in total. The standard InChI is InChI=1S/C14H19NO2/c1-9-7-8-12(10(9)2)15-13-6-4-3-5-11(13)14(16)17/h3-6,9-10,12,15H,7-8H2,1-2H3,(H,16,17). The van der Waals surface area contributed by atoms with E-state index in [4.69, 9.17) is 5.11 Å². The molecular formula is C14H19NO2. The van der Waals surface area contributed by atoms with E-state index in [-0.39, 0.29) is 0 Å². The van der Waals surface area contributed by atoms with Crippen LogP contribution in [0.5, 0.6) is 0 Å². The predicted molar refractivity (Wildman–Crippen MR) is 68.4 cm³/mol. The van der Waals surface area contributed by atoms with Gasteiger partial charge in [-0.25, -0.2) is 4.79 Å². The molecule has 0 radical (unpaired) electrons. The van der Waals surface area contributed by atoms with Crippen LogP contribution in [0, 0.1) is 11.8 Å². The number of carboxylic acid groups (broad SMARTS) is 1. The Morgan fingerprint density at radius 2 is 2.00 bits per heavy atom. The average molecular weight is 233 g/mol. The lowest BCUT2D eigenvalue weighted by atomic mass is 9.97. The second kappa shape index (κ2) is 4.78. The molecule has 0 bridgehead atoms. The minimum atomic E-state index is -0.869. The van der Waals surface area contributed by atoms with Crippen molar-refractivity contribution in [2.45, 2.75) is 32.7 Å². The topological polar surface area (TPSA) is 49.3 Å². The van der Waals surface area contributed by atoms with Gasteiger partial charge < -0.3 is 10.4 Å². The van der Waals surface area contributed by atoms with E-state index in [1.54, 1.807) is 12.1 Å². The van der Waals surface area contributed by atoms with Crippen molar-refractivity contribution in [2.75, 3.05) is 5.32 Å². The fourth-order valence-corrected chi connectivity index (χ4v) is 2.56. The maximum atomic E-state index is 11.1. The summed E-state index contributed by atoms with van der Waals surface area (Å²) in [5.41, 5.74) is 1.10. The molecule has 2 rings (SSSR count). The first kappa shape index (κ1) is 12.0. The van der Waals surface area contributed by atoms with Crippen LogP contribution in [-0.4, -0.2) is 17.1 Å². The molecule has 1 aromatic rings. The second-order valence-electron chi connectivity index (χ2n) is 5.02. The highest BCUT2D eigenvalue weighted by atomic mass is 16.4. The van der Waals surface area contributed by atoms with Gasteiger partial charge in [0.15, 0.2) is 0 Å². The van der Waals surface area contributed by atoms with Gasteiger partial charge in [-0.15, -0.1) is 0 Å². The minimum Gasteiger partial charge on any atom is -0.478 e. The largest absolute Gasteiger partial charge is 0.478 e. The number of para-hydroxylation sites is 1. The number of rotatable bonds is 3. The Bertz CT molecular complexity index is 416. The molecule has 1 fully saturated rings. The van der Waals surface area contributed by atoms with Gasteiger partial charge in [-0.1, -0.05) is 26.0 Å². The molecule has 0 spiro atoms. The van der Waals surface area contributed by atoms with Crippen molar-refractivity contribution in [1.82, 2.24) is 0 Å². The van der Waals surface area contributed by atoms with E-state index >= 15 is 0 Å². The second-order valence-corrected chi connectivity index (χ2v) is 5.02. The minimum absolute atomic E-state index is 0.360. The maximum Gasteiger partial charge on any atom is 0.337 e. The van der Waals surface area contributed by atoms with Gasteiger partial charge in [0.2, 0.25) is 0 Å². The number of anilines is 1. The van der Waals surface area contributed by atoms with Gasteiger partial charge in [0.05, 0.1) is 5.56 Å². The van der Waals surface area contributed by atoms with Crippen molar-refractivity contribution in [1.29, 1.82) is 0 Å². The van der Waals surface area contributed by atoms with Crippen LogP contribution in [0.2, 0.25) is 0 Å². The molecule has 1 aliphatic rings. The van der Waals surface area contributed by atoms with E-state index in [1.807, 2.05) is 12.1 Å². The zero-order valence-corrected chi connectivity index (χ0v) is 10.3. The molecule has 92 valence electrons. The predicted octanol–water partition coefficient (Wildman–Crippen LogP) is 3.23. The molecule has 17 heavy (non-hydrogen) atoms. The Labute approximate surface area is 102 Å². The van der Waals surface area contributed by atoms with Crippen LogP contribution in [0.15, 0.2) is 24.3 Å². The maximum absolute atomic E-state index is 11.1. The summed E-state index contributed by atoms with van der Waals surface area (Å²) in [6.07, 6.45) is 2.34. The molecule has 1 saturated carbocycles. The summed E-state index contributed by atoms with van der Waals surface area (Å²) in [5.74, 6) is 0.438. The van der Waals surface area contributed by atoms with Crippen molar-refractivity contribution < 1.29 is 9.90 Å². The van der Waals surface area contributed by atoms with E-state index in [0.717, 1.165) is 12.1 Å². The van der Waals surface area contributed by atoms with E-state index in [1.165, 1.54) is 6.42 Å². The highest BCUT2D eigenvalue weighted by molar-refractivity contribution is 5.94. The van der Waals surface area contributed by atoms with Crippen LogP contribution in [-0.2, 0) is 0 Å². The summed E-state index contributed by atoms with van der Waals surface area (Å²) < 4.78 is 0. The van der Waals surface area contributed by atoms with Crippen LogP contribution in [0.1, 0.15) is 37.0 Å². The number of carboxylic acids is 1. The van der Waals surface area contributed by atoms with Crippen molar-refractivity contribution in [2.24, 2.45) is 11.8 Å². The van der Waals surface area contributed by atoms with Gasteiger partial charge in [0, 0.05) is 11.7 Å². The SMILES string of the molecule is CC1CCC(Nc2ccccc2C(=O)O)C1C. The van der Waals surface area contributed by atoms with Crippen LogP contribution in [0.4, 0.5) is 5.69 Å². The lowest BCUT2D eigenvalue weighted by Crippen LogP contribution is -2.25. The number of hydrogen-bond donors (Lipinski definition) is 2. The van der Waals surface area contributed by atoms with E-state index in [2.05, 4.69) is 19.2 Å². The molecule has 3 unspecified atom stereocenters. The van der Waals surface area contributed by atoms with Gasteiger partial charge >= 0.3 is 5.97 Å².